The Morgan fingerprint density at radius 3 is 2.43 bits per heavy atom. The fourth-order valence-electron chi connectivity index (χ4n) is 1.52. The molecule has 0 aromatic heterocycles. The van der Waals surface area contributed by atoms with Crippen molar-refractivity contribution >= 4 is 11.7 Å². The molecule has 0 unspecified atom stereocenters. The summed E-state index contributed by atoms with van der Waals surface area (Å²) in [7, 11) is 0. The van der Waals surface area contributed by atoms with Crippen LogP contribution in [-0.2, 0) is 9.59 Å². The fourth-order valence-corrected chi connectivity index (χ4v) is 1.52. The summed E-state index contributed by atoms with van der Waals surface area (Å²) in [5, 5.41) is 0. The smallest absolute Gasteiger partial charge is 0.230 e. The molecule has 0 atom stereocenters. The van der Waals surface area contributed by atoms with Crippen molar-refractivity contribution in [3.8, 4) is 0 Å². The summed E-state index contributed by atoms with van der Waals surface area (Å²) in [5.41, 5.74) is 0. The van der Waals surface area contributed by atoms with Gasteiger partial charge in [0.15, 0.2) is 0 Å². The molecule has 0 spiro atoms. The van der Waals surface area contributed by atoms with E-state index >= 15 is 0 Å². The lowest BCUT2D eigenvalue weighted by atomic mass is 10.2. The second-order valence-corrected chi connectivity index (χ2v) is 4.16. The SMILES string of the molecule is CCCN(CC1CC1)C(=O)CC(C)=O. The normalized spacial score (nSPS) is 15.3. The first-order chi connectivity index (χ1) is 6.63. The van der Waals surface area contributed by atoms with Crippen LogP contribution in [0.5, 0.6) is 0 Å². The summed E-state index contributed by atoms with van der Waals surface area (Å²) < 4.78 is 0. The lowest BCUT2D eigenvalue weighted by Crippen LogP contribution is -2.34. The van der Waals surface area contributed by atoms with Crippen LogP contribution in [0.4, 0.5) is 0 Å². The van der Waals surface area contributed by atoms with Crippen LogP contribution in [0.3, 0.4) is 0 Å². The Bertz CT molecular complexity index is 221. The van der Waals surface area contributed by atoms with Crippen LogP contribution in [0.2, 0.25) is 0 Å². The topological polar surface area (TPSA) is 37.4 Å². The quantitative estimate of drug-likeness (QED) is 0.607. The van der Waals surface area contributed by atoms with E-state index in [9.17, 15) is 9.59 Å². The van der Waals surface area contributed by atoms with Crippen LogP contribution < -0.4 is 0 Å². The van der Waals surface area contributed by atoms with Crippen molar-refractivity contribution in [2.75, 3.05) is 13.1 Å². The summed E-state index contributed by atoms with van der Waals surface area (Å²) >= 11 is 0. The summed E-state index contributed by atoms with van der Waals surface area (Å²) in [6, 6.07) is 0. The number of nitrogens with zero attached hydrogens (tertiary/aromatic N) is 1. The molecule has 3 heteroatoms. The first-order valence-corrected chi connectivity index (χ1v) is 5.40. The number of carbonyl (C=O) groups is 2. The fraction of sp³-hybridized carbons (Fsp3) is 0.818. The summed E-state index contributed by atoms with van der Waals surface area (Å²) in [6.07, 6.45) is 3.53. The second kappa shape index (κ2) is 5.13. The Morgan fingerprint density at radius 1 is 1.36 bits per heavy atom. The van der Waals surface area contributed by atoms with Crippen molar-refractivity contribution in [3.63, 3.8) is 0 Å². The Kier molecular flexibility index (Phi) is 4.11. The molecule has 0 aromatic rings. The van der Waals surface area contributed by atoms with E-state index in [1.54, 1.807) is 0 Å². The molecular weight excluding hydrogens is 178 g/mol. The zero-order valence-electron chi connectivity index (χ0n) is 9.08. The van der Waals surface area contributed by atoms with Gasteiger partial charge < -0.3 is 4.90 Å². The highest BCUT2D eigenvalue weighted by Crippen LogP contribution is 2.29. The number of ketones is 1. The molecular formula is C11H19NO2. The van der Waals surface area contributed by atoms with Gasteiger partial charge in [-0.1, -0.05) is 6.92 Å². The minimum atomic E-state index is -0.0353. The largest absolute Gasteiger partial charge is 0.342 e. The Balaban J connectivity index is 2.38. The van der Waals surface area contributed by atoms with E-state index in [1.165, 1.54) is 19.8 Å². The lowest BCUT2D eigenvalue weighted by Gasteiger charge is -2.21. The zero-order chi connectivity index (χ0) is 10.6. The number of rotatable bonds is 6. The molecule has 0 bridgehead atoms. The van der Waals surface area contributed by atoms with Gasteiger partial charge in [0, 0.05) is 13.1 Å². The minimum Gasteiger partial charge on any atom is -0.342 e. The maximum Gasteiger partial charge on any atom is 0.230 e. The maximum absolute atomic E-state index is 11.6. The van der Waals surface area contributed by atoms with Gasteiger partial charge in [0.1, 0.15) is 5.78 Å². The average molecular weight is 197 g/mol. The third-order valence-electron chi connectivity index (χ3n) is 2.42. The average Bonchev–Trinajstić information content (AvgIpc) is 2.86. The molecule has 1 rings (SSSR count). The molecule has 3 nitrogen and oxygen atoms in total. The van der Waals surface area contributed by atoms with Crippen LogP contribution in [0, 0.1) is 5.92 Å². The van der Waals surface area contributed by atoms with Crippen molar-refractivity contribution < 1.29 is 9.59 Å². The number of carbonyl (C=O) groups excluding carboxylic acids is 2. The molecule has 0 N–H and O–H groups in total. The van der Waals surface area contributed by atoms with Gasteiger partial charge in [0.25, 0.3) is 0 Å². The molecule has 1 saturated carbocycles. The summed E-state index contributed by atoms with van der Waals surface area (Å²) in [4.78, 5) is 24.3. The van der Waals surface area contributed by atoms with Gasteiger partial charge in [-0.25, -0.2) is 0 Å². The van der Waals surface area contributed by atoms with Gasteiger partial charge in [-0.15, -0.1) is 0 Å². The van der Waals surface area contributed by atoms with Crippen molar-refractivity contribution in [1.82, 2.24) is 4.90 Å². The summed E-state index contributed by atoms with van der Waals surface area (Å²) in [6.45, 7) is 5.18. The number of hydrogen-bond acceptors (Lipinski definition) is 2. The van der Waals surface area contributed by atoms with Gasteiger partial charge in [0.2, 0.25) is 5.91 Å². The first-order valence-electron chi connectivity index (χ1n) is 5.40. The van der Waals surface area contributed by atoms with E-state index in [2.05, 4.69) is 6.92 Å². The van der Waals surface area contributed by atoms with Crippen LogP contribution in [0.1, 0.15) is 39.5 Å². The van der Waals surface area contributed by atoms with Crippen molar-refractivity contribution in [1.29, 1.82) is 0 Å². The monoisotopic (exact) mass is 197 g/mol. The van der Waals surface area contributed by atoms with Crippen molar-refractivity contribution in [2.24, 2.45) is 5.92 Å². The number of amides is 1. The molecule has 0 aromatic carbocycles. The highest BCUT2D eigenvalue weighted by atomic mass is 16.2. The maximum atomic E-state index is 11.6. The standard InChI is InChI=1S/C11H19NO2/c1-3-6-12(8-10-4-5-10)11(14)7-9(2)13/h10H,3-8H2,1-2H3. The van der Waals surface area contributed by atoms with Gasteiger partial charge in [-0.2, -0.15) is 0 Å². The van der Waals surface area contributed by atoms with Gasteiger partial charge in [0.05, 0.1) is 6.42 Å². The molecule has 1 fully saturated rings. The van der Waals surface area contributed by atoms with Crippen molar-refractivity contribution in [2.45, 2.75) is 39.5 Å². The Hall–Kier alpha value is -0.860. The van der Waals surface area contributed by atoms with Gasteiger partial charge >= 0.3 is 0 Å². The second-order valence-electron chi connectivity index (χ2n) is 4.16. The Labute approximate surface area is 85.5 Å². The van der Waals surface area contributed by atoms with Crippen LogP contribution in [0.15, 0.2) is 0 Å². The highest BCUT2D eigenvalue weighted by Gasteiger charge is 2.26. The molecule has 1 aliphatic rings. The van der Waals surface area contributed by atoms with Crippen molar-refractivity contribution in [3.05, 3.63) is 0 Å². The van der Waals surface area contributed by atoms with E-state index < -0.39 is 0 Å². The predicted molar refractivity (Wildman–Crippen MR) is 54.9 cm³/mol. The zero-order valence-corrected chi connectivity index (χ0v) is 9.08. The third kappa shape index (κ3) is 3.90. The first kappa shape index (κ1) is 11.2. The van der Waals surface area contributed by atoms with Crippen LogP contribution in [-0.4, -0.2) is 29.7 Å². The van der Waals surface area contributed by atoms with E-state index in [0.29, 0.717) is 5.92 Å². The molecule has 1 aliphatic carbocycles. The Morgan fingerprint density at radius 2 is 2.00 bits per heavy atom. The van der Waals surface area contributed by atoms with E-state index in [-0.39, 0.29) is 18.1 Å². The number of Topliss-reactive ketones (excluding diaryl/α,β-unsaturated/α-hetero) is 1. The summed E-state index contributed by atoms with van der Waals surface area (Å²) in [5.74, 6) is 0.676. The predicted octanol–water partition coefficient (Wildman–Crippen LogP) is 1.61. The molecule has 0 heterocycles. The van der Waals surface area contributed by atoms with E-state index in [0.717, 1.165) is 19.5 Å². The molecule has 0 radical (unpaired) electrons. The van der Waals surface area contributed by atoms with Gasteiger partial charge in [-0.3, -0.25) is 9.59 Å². The third-order valence-corrected chi connectivity index (χ3v) is 2.42. The molecule has 0 aliphatic heterocycles. The highest BCUT2D eigenvalue weighted by molar-refractivity contribution is 5.96. The lowest BCUT2D eigenvalue weighted by molar-refractivity contribution is -0.135. The van der Waals surface area contributed by atoms with E-state index in [4.69, 9.17) is 0 Å². The number of hydrogen-bond donors (Lipinski definition) is 0. The molecule has 0 saturated heterocycles. The van der Waals surface area contributed by atoms with E-state index in [1.807, 2.05) is 4.90 Å². The van der Waals surface area contributed by atoms with Crippen LogP contribution >= 0.6 is 0 Å². The van der Waals surface area contributed by atoms with Gasteiger partial charge in [-0.05, 0) is 32.1 Å². The van der Waals surface area contributed by atoms with Crippen LogP contribution in [0.25, 0.3) is 0 Å². The molecule has 80 valence electrons. The minimum absolute atomic E-state index is 0.00579. The molecule has 14 heavy (non-hydrogen) atoms. The molecule has 1 amide bonds.